The van der Waals surface area contributed by atoms with Gasteiger partial charge in [0.05, 0.1) is 5.02 Å². The Bertz CT molecular complexity index is 652. The van der Waals surface area contributed by atoms with Gasteiger partial charge in [-0.3, -0.25) is 0 Å². The lowest BCUT2D eigenvalue weighted by molar-refractivity contribution is 0.0695. The van der Waals surface area contributed by atoms with Gasteiger partial charge in [-0.1, -0.05) is 36.7 Å². The van der Waals surface area contributed by atoms with Crippen molar-refractivity contribution in [3.63, 3.8) is 0 Å². The molecule has 1 heterocycles. The zero-order valence-corrected chi connectivity index (χ0v) is 11.7. The standard InChI is InChI=1S/C14H13ClFNO3/c1-7(2)6-10-11(14(18)19)13(17-20-10)8-4-3-5-9(15)12(8)16/h3-5,7H,6H2,1-2H3,(H,18,19). The van der Waals surface area contributed by atoms with Crippen molar-refractivity contribution in [1.82, 2.24) is 5.16 Å². The zero-order chi connectivity index (χ0) is 14.9. The van der Waals surface area contributed by atoms with Gasteiger partial charge in [0.1, 0.15) is 11.3 Å². The molecular weight excluding hydrogens is 285 g/mol. The van der Waals surface area contributed by atoms with Gasteiger partial charge in [-0.2, -0.15) is 0 Å². The van der Waals surface area contributed by atoms with Crippen LogP contribution in [0.15, 0.2) is 22.7 Å². The Hall–Kier alpha value is -1.88. The molecule has 0 aliphatic carbocycles. The number of hydrogen-bond donors (Lipinski definition) is 1. The first-order valence-corrected chi connectivity index (χ1v) is 6.45. The average Bonchev–Trinajstić information content (AvgIpc) is 2.75. The molecule has 0 aliphatic rings. The summed E-state index contributed by atoms with van der Waals surface area (Å²) in [6.45, 7) is 3.85. The number of carboxylic acids is 1. The molecule has 0 saturated carbocycles. The number of rotatable bonds is 4. The molecule has 0 amide bonds. The minimum Gasteiger partial charge on any atom is -0.477 e. The summed E-state index contributed by atoms with van der Waals surface area (Å²) in [5.74, 6) is -1.47. The fraction of sp³-hybridized carbons (Fsp3) is 0.286. The summed E-state index contributed by atoms with van der Waals surface area (Å²) < 4.78 is 19.1. The highest BCUT2D eigenvalue weighted by Crippen LogP contribution is 2.31. The highest BCUT2D eigenvalue weighted by atomic mass is 35.5. The number of hydrogen-bond acceptors (Lipinski definition) is 3. The van der Waals surface area contributed by atoms with Crippen LogP contribution in [-0.2, 0) is 6.42 Å². The Morgan fingerprint density at radius 3 is 2.80 bits per heavy atom. The SMILES string of the molecule is CC(C)Cc1onc(-c2cccc(Cl)c2F)c1C(=O)O. The van der Waals surface area contributed by atoms with E-state index in [4.69, 9.17) is 16.1 Å². The Labute approximate surface area is 120 Å². The molecule has 0 bridgehead atoms. The molecule has 0 spiro atoms. The van der Waals surface area contributed by atoms with Crippen LogP contribution in [0.1, 0.15) is 30.0 Å². The number of carbonyl (C=O) groups is 1. The molecule has 20 heavy (non-hydrogen) atoms. The lowest BCUT2D eigenvalue weighted by Gasteiger charge is -2.03. The fourth-order valence-electron chi connectivity index (χ4n) is 1.93. The molecule has 0 atom stereocenters. The van der Waals surface area contributed by atoms with E-state index in [-0.39, 0.29) is 33.5 Å². The average molecular weight is 298 g/mol. The van der Waals surface area contributed by atoms with Crippen molar-refractivity contribution in [1.29, 1.82) is 0 Å². The van der Waals surface area contributed by atoms with Crippen molar-refractivity contribution in [2.45, 2.75) is 20.3 Å². The molecule has 1 aromatic carbocycles. The van der Waals surface area contributed by atoms with Crippen LogP contribution in [0.25, 0.3) is 11.3 Å². The first kappa shape index (κ1) is 14.5. The van der Waals surface area contributed by atoms with Crippen molar-refractivity contribution in [3.05, 3.63) is 40.4 Å². The molecule has 6 heteroatoms. The van der Waals surface area contributed by atoms with Gasteiger partial charge in [0.15, 0.2) is 11.6 Å². The molecule has 106 valence electrons. The molecule has 2 aromatic rings. The van der Waals surface area contributed by atoms with Crippen LogP contribution < -0.4 is 0 Å². The lowest BCUT2D eigenvalue weighted by Crippen LogP contribution is -2.04. The van der Waals surface area contributed by atoms with Crippen LogP contribution >= 0.6 is 11.6 Å². The molecule has 0 unspecified atom stereocenters. The predicted octanol–water partition coefficient (Wildman–Crippen LogP) is 4.03. The van der Waals surface area contributed by atoms with Crippen LogP contribution in [0.5, 0.6) is 0 Å². The summed E-state index contributed by atoms with van der Waals surface area (Å²) in [7, 11) is 0. The van der Waals surface area contributed by atoms with Crippen molar-refractivity contribution in [2.24, 2.45) is 5.92 Å². The maximum Gasteiger partial charge on any atom is 0.341 e. The maximum atomic E-state index is 14.0. The minimum atomic E-state index is -1.20. The van der Waals surface area contributed by atoms with E-state index in [1.165, 1.54) is 18.2 Å². The van der Waals surface area contributed by atoms with Gasteiger partial charge in [-0.15, -0.1) is 0 Å². The van der Waals surface area contributed by atoms with Crippen LogP contribution in [0.4, 0.5) is 4.39 Å². The van der Waals surface area contributed by atoms with Crippen LogP contribution in [-0.4, -0.2) is 16.2 Å². The Morgan fingerprint density at radius 1 is 1.50 bits per heavy atom. The van der Waals surface area contributed by atoms with Gasteiger partial charge in [-0.25, -0.2) is 9.18 Å². The molecule has 0 aliphatic heterocycles. The lowest BCUT2D eigenvalue weighted by atomic mass is 10.0. The molecular formula is C14H13ClFNO3. The van der Waals surface area contributed by atoms with Crippen LogP contribution in [0, 0.1) is 11.7 Å². The molecule has 0 fully saturated rings. The Balaban J connectivity index is 2.60. The van der Waals surface area contributed by atoms with Gasteiger partial charge < -0.3 is 9.63 Å². The largest absolute Gasteiger partial charge is 0.477 e. The smallest absolute Gasteiger partial charge is 0.341 e. The molecule has 4 nitrogen and oxygen atoms in total. The van der Waals surface area contributed by atoms with E-state index >= 15 is 0 Å². The Kier molecular flexibility index (Phi) is 4.09. The number of halogens is 2. The summed E-state index contributed by atoms with van der Waals surface area (Å²) in [6.07, 6.45) is 0.414. The van der Waals surface area contributed by atoms with E-state index in [1.54, 1.807) is 0 Å². The van der Waals surface area contributed by atoms with Gasteiger partial charge >= 0.3 is 5.97 Å². The summed E-state index contributed by atoms with van der Waals surface area (Å²) in [5.41, 5.74) is -0.123. The molecule has 1 aromatic heterocycles. The highest BCUT2D eigenvalue weighted by molar-refractivity contribution is 6.31. The van der Waals surface area contributed by atoms with Crippen LogP contribution in [0.3, 0.4) is 0 Å². The maximum absolute atomic E-state index is 14.0. The van der Waals surface area contributed by atoms with E-state index in [9.17, 15) is 14.3 Å². The number of carboxylic acid groups (broad SMARTS) is 1. The normalized spacial score (nSPS) is 11.1. The van der Waals surface area contributed by atoms with E-state index in [0.29, 0.717) is 6.42 Å². The second-order valence-corrected chi connectivity index (χ2v) is 5.24. The second kappa shape index (κ2) is 5.63. The topological polar surface area (TPSA) is 63.3 Å². The summed E-state index contributed by atoms with van der Waals surface area (Å²) in [6, 6.07) is 4.34. The third-order valence-electron chi connectivity index (χ3n) is 2.78. The molecule has 1 N–H and O–H groups in total. The van der Waals surface area contributed by atoms with E-state index in [2.05, 4.69) is 5.16 Å². The number of benzene rings is 1. The minimum absolute atomic E-state index is 0.0219. The Morgan fingerprint density at radius 2 is 2.20 bits per heavy atom. The van der Waals surface area contributed by atoms with Gasteiger partial charge in [0.2, 0.25) is 0 Å². The third kappa shape index (κ3) is 2.67. The summed E-state index contributed by atoms with van der Waals surface area (Å²) in [5, 5.41) is 12.9. The van der Waals surface area contributed by atoms with Gasteiger partial charge in [0, 0.05) is 12.0 Å². The summed E-state index contributed by atoms with van der Waals surface area (Å²) >= 11 is 5.71. The molecule has 2 rings (SSSR count). The number of nitrogens with zero attached hydrogens (tertiary/aromatic N) is 1. The van der Waals surface area contributed by atoms with Crippen LogP contribution in [0.2, 0.25) is 5.02 Å². The predicted molar refractivity (Wildman–Crippen MR) is 72.4 cm³/mol. The van der Waals surface area contributed by atoms with Gasteiger partial charge in [0.25, 0.3) is 0 Å². The van der Waals surface area contributed by atoms with Crippen molar-refractivity contribution >= 4 is 17.6 Å². The number of aromatic carboxylic acids is 1. The van der Waals surface area contributed by atoms with E-state index in [1.807, 2.05) is 13.8 Å². The van der Waals surface area contributed by atoms with Gasteiger partial charge in [-0.05, 0) is 18.1 Å². The first-order valence-electron chi connectivity index (χ1n) is 6.08. The van der Waals surface area contributed by atoms with Crippen molar-refractivity contribution in [3.8, 4) is 11.3 Å². The quantitative estimate of drug-likeness (QED) is 0.925. The van der Waals surface area contributed by atoms with E-state index in [0.717, 1.165) is 0 Å². The zero-order valence-electron chi connectivity index (χ0n) is 11.0. The third-order valence-corrected chi connectivity index (χ3v) is 3.07. The molecule has 0 radical (unpaired) electrons. The summed E-state index contributed by atoms with van der Waals surface area (Å²) in [4.78, 5) is 11.4. The van der Waals surface area contributed by atoms with Crippen molar-refractivity contribution < 1.29 is 18.8 Å². The van der Waals surface area contributed by atoms with E-state index < -0.39 is 11.8 Å². The first-order chi connectivity index (χ1) is 9.41. The second-order valence-electron chi connectivity index (χ2n) is 4.83. The monoisotopic (exact) mass is 297 g/mol. The molecule has 0 saturated heterocycles. The van der Waals surface area contributed by atoms with Crippen molar-refractivity contribution in [2.75, 3.05) is 0 Å². The fourth-order valence-corrected chi connectivity index (χ4v) is 2.10. The highest BCUT2D eigenvalue weighted by Gasteiger charge is 2.26. The number of aromatic nitrogens is 1.